The van der Waals surface area contributed by atoms with Crippen LogP contribution in [0.4, 0.5) is 0 Å². The molecule has 1 aromatic heterocycles. The van der Waals surface area contributed by atoms with Crippen LogP contribution in [0.2, 0.25) is 0 Å². The molecule has 0 saturated carbocycles. The van der Waals surface area contributed by atoms with Crippen LogP contribution in [0.3, 0.4) is 0 Å². The highest BCUT2D eigenvalue weighted by atomic mass is 32.2. The smallest absolute Gasteiger partial charge is 0.260 e. The first kappa shape index (κ1) is 24.5. The van der Waals surface area contributed by atoms with Gasteiger partial charge in [-0.2, -0.15) is 0 Å². The van der Waals surface area contributed by atoms with Crippen molar-refractivity contribution in [3.05, 3.63) is 33.3 Å². The molecule has 1 aliphatic heterocycles. The van der Waals surface area contributed by atoms with Crippen LogP contribution in [0.5, 0.6) is 0 Å². The van der Waals surface area contributed by atoms with E-state index in [2.05, 4.69) is 29.6 Å². The van der Waals surface area contributed by atoms with Crippen LogP contribution in [0.1, 0.15) is 90.9 Å². The van der Waals surface area contributed by atoms with Gasteiger partial charge in [-0.05, 0) is 18.2 Å². The fourth-order valence-electron chi connectivity index (χ4n) is 3.04. The summed E-state index contributed by atoms with van der Waals surface area (Å²) in [7, 11) is 0. The van der Waals surface area contributed by atoms with Gasteiger partial charge in [0, 0.05) is 31.1 Å². The van der Waals surface area contributed by atoms with E-state index in [-0.39, 0.29) is 5.56 Å². The van der Waals surface area contributed by atoms with Gasteiger partial charge < -0.3 is 0 Å². The molecule has 5 heteroatoms. The van der Waals surface area contributed by atoms with Crippen LogP contribution in [0, 0.1) is 0 Å². The predicted molar refractivity (Wildman–Crippen MR) is 124 cm³/mol. The van der Waals surface area contributed by atoms with Crippen molar-refractivity contribution in [2.75, 3.05) is 13.1 Å². The third kappa shape index (κ3) is 13.3. The van der Waals surface area contributed by atoms with E-state index in [1.54, 1.807) is 6.07 Å². The molecule has 0 radical (unpaired) electrons. The van der Waals surface area contributed by atoms with Crippen molar-refractivity contribution < 1.29 is 0 Å². The molecule has 0 spiro atoms. The SMILES string of the molecule is CCCCCCCCN1CC=CS1.CCCCCCCCn1sccc1=O. The average molecular weight is 413 g/mol. The third-order valence-electron chi connectivity index (χ3n) is 4.74. The Morgan fingerprint density at radius 2 is 1.44 bits per heavy atom. The number of aryl methyl sites for hydroxylation is 1. The molecule has 2 heterocycles. The minimum absolute atomic E-state index is 0.156. The van der Waals surface area contributed by atoms with Crippen molar-refractivity contribution >= 4 is 23.5 Å². The van der Waals surface area contributed by atoms with Gasteiger partial charge in [0.15, 0.2) is 0 Å². The fraction of sp³-hybridized carbons (Fsp3) is 0.773. The first-order valence-electron chi connectivity index (χ1n) is 11.0. The Bertz CT molecular complexity index is 516. The summed E-state index contributed by atoms with van der Waals surface area (Å²) in [4.78, 5) is 11.2. The van der Waals surface area contributed by atoms with Crippen LogP contribution < -0.4 is 5.56 Å². The molecule has 0 aliphatic carbocycles. The van der Waals surface area contributed by atoms with Crippen LogP contribution in [0.15, 0.2) is 27.7 Å². The quantitative estimate of drug-likeness (QED) is 0.241. The van der Waals surface area contributed by atoms with Gasteiger partial charge in [-0.25, -0.2) is 4.31 Å². The molecule has 1 aliphatic rings. The van der Waals surface area contributed by atoms with Crippen molar-refractivity contribution in [3.8, 4) is 0 Å². The molecule has 0 unspecified atom stereocenters. The summed E-state index contributed by atoms with van der Waals surface area (Å²) in [5, 5.41) is 4.05. The van der Waals surface area contributed by atoms with E-state index in [1.165, 1.54) is 88.7 Å². The van der Waals surface area contributed by atoms with E-state index in [4.69, 9.17) is 0 Å². The zero-order chi connectivity index (χ0) is 19.6. The maximum atomic E-state index is 11.2. The van der Waals surface area contributed by atoms with Crippen molar-refractivity contribution in [2.24, 2.45) is 0 Å². The molecule has 2 rings (SSSR count). The summed E-state index contributed by atoms with van der Waals surface area (Å²) >= 11 is 3.39. The largest absolute Gasteiger partial charge is 0.268 e. The molecular formula is C22H40N2OS2. The second-order valence-corrected chi connectivity index (χ2v) is 9.17. The average Bonchev–Trinajstić information content (AvgIpc) is 3.33. The van der Waals surface area contributed by atoms with Gasteiger partial charge in [0.05, 0.1) is 0 Å². The monoisotopic (exact) mass is 412 g/mol. The number of aromatic nitrogens is 1. The fourth-order valence-corrected chi connectivity index (χ4v) is 4.52. The van der Waals surface area contributed by atoms with Gasteiger partial charge in [-0.3, -0.25) is 8.75 Å². The van der Waals surface area contributed by atoms with E-state index in [0.29, 0.717) is 0 Å². The lowest BCUT2D eigenvalue weighted by Gasteiger charge is -2.12. The lowest BCUT2D eigenvalue weighted by Crippen LogP contribution is -2.12. The molecular weight excluding hydrogens is 372 g/mol. The third-order valence-corrected chi connectivity index (χ3v) is 6.55. The summed E-state index contributed by atoms with van der Waals surface area (Å²) in [6.07, 6.45) is 18.4. The standard InChI is InChI=1S/C11H19NOS.C11H21NS/c1-2-3-4-5-6-7-9-12-11(13)8-10-14-12;1-2-3-4-5-6-7-9-12-10-8-11-13-12/h8,10H,2-7,9H2,1H3;8,11H,2-7,9-10H2,1H3. The normalized spacial score (nSPS) is 13.7. The number of hydrogen-bond acceptors (Lipinski definition) is 4. The highest BCUT2D eigenvalue weighted by molar-refractivity contribution is 8.00. The van der Waals surface area contributed by atoms with Crippen LogP contribution in [0.25, 0.3) is 0 Å². The maximum absolute atomic E-state index is 11.2. The number of nitrogens with zero attached hydrogens (tertiary/aromatic N) is 2. The molecule has 1 aromatic rings. The van der Waals surface area contributed by atoms with Gasteiger partial charge in [0.25, 0.3) is 5.56 Å². The second-order valence-electron chi connectivity index (χ2n) is 7.25. The summed E-state index contributed by atoms with van der Waals surface area (Å²) in [5.41, 5.74) is 0.156. The second kappa shape index (κ2) is 17.6. The summed E-state index contributed by atoms with van der Waals surface area (Å²) in [6, 6.07) is 1.64. The van der Waals surface area contributed by atoms with Crippen LogP contribution in [-0.4, -0.2) is 21.4 Å². The first-order valence-corrected chi connectivity index (χ1v) is 12.7. The molecule has 156 valence electrons. The summed E-state index contributed by atoms with van der Waals surface area (Å²) in [5.74, 6) is 0. The molecule has 0 atom stereocenters. The Labute approximate surface area is 175 Å². The lowest BCUT2D eigenvalue weighted by atomic mass is 10.1. The van der Waals surface area contributed by atoms with E-state index in [0.717, 1.165) is 19.5 Å². The van der Waals surface area contributed by atoms with E-state index >= 15 is 0 Å². The number of hydrogen-bond donors (Lipinski definition) is 0. The van der Waals surface area contributed by atoms with Crippen molar-refractivity contribution in [1.82, 2.24) is 8.26 Å². The zero-order valence-corrected chi connectivity index (χ0v) is 19.2. The Morgan fingerprint density at radius 3 is 1.96 bits per heavy atom. The molecule has 0 aromatic carbocycles. The first-order chi connectivity index (χ1) is 13.3. The van der Waals surface area contributed by atoms with Crippen molar-refractivity contribution in [1.29, 1.82) is 0 Å². The van der Waals surface area contributed by atoms with Crippen molar-refractivity contribution in [3.63, 3.8) is 0 Å². The lowest BCUT2D eigenvalue weighted by molar-refractivity contribution is 0.485. The summed E-state index contributed by atoms with van der Waals surface area (Å²) in [6.45, 7) is 7.82. The highest BCUT2D eigenvalue weighted by Gasteiger charge is 2.05. The predicted octanol–water partition coefficient (Wildman–Crippen LogP) is 7.09. The van der Waals surface area contributed by atoms with E-state index < -0.39 is 0 Å². The van der Waals surface area contributed by atoms with Gasteiger partial charge in [-0.15, -0.1) is 0 Å². The van der Waals surface area contributed by atoms with Gasteiger partial charge in [0.2, 0.25) is 0 Å². The van der Waals surface area contributed by atoms with Crippen LogP contribution in [-0.2, 0) is 6.54 Å². The topological polar surface area (TPSA) is 25.2 Å². The number of unbranched alkanes of at least 4 members (excludes halogenated alkanes) is 10. The Kier molecular flexibility index (Phi) is 16.0. The van der Waals surface area contributed by atoms with Gasteiger partial charge in [-0.1, -0.05) is 108 Å². The zero-order valence-electron chi connectivity index (χ0n) is 17.5. The van der Waals surface area contributed by atoms with E-state index in [9.17, 15) is 4.79 Å². The molecule has 0 fully saturated rings. The maximum Gasteiger partial charge on any atom is 0.260 e. The highest BCUT2D eigenvalue weighted by Crippen LogP contribution is 2.18. The molecule has 27 heavy (non-hydrogen) atoms. The minimum Gasteiger partial charge on any atom is -0.268 e. The van der Waals surface area contributed by atoms with Gasteiger partial charge in [0.1, 0.15) is 0 Å². The van der Waals surface area contributed by atoms with Crippen molar-refractivity contribution in [2.45, 2.75) is 97.4 Å². The Hall–Kier alpha value is -0.520. The molecule has 0 bridgehead atoms. The van der Waals surface area contributed by atoms with Crippen LogP contribution >= 0.6 is 23.5 Å². The Morgan fingerprint density at radius 1 is 0.852 bits per heavy atom. The number of rotatable bonds is 14. The molecule has 0 amide bonds. The molecule has 3 nitrogen and oxygen atoms in total. The summed E-state index contributed by atoms with van der Waals surface area (Å²) < 4.78 is 4.26. The Balaban J connectivity index is 0.000000271. The molecule has 0 saturated heterocycles. The minimum atomic E-state index is 0.156. The van der Waals surface area contributed by atoms with E-state index in [1.807, 2.05) is 21.3 Å². The molecule has 0 N–H and O–H groups in total. The van der Waals surface area contributed by atoms with Gasteiger partial charge >= 0.3 is 0 Å².